The van der Waals surface area contributed by atoms with Crippen molar-refractivity contribution in [2.45, 2.75) is 56.7 Å². The quantitative estimate of drug-likeness (QED) is 0.464. The molecule has 3 aromatic rings. The largest absolute Gasteiger partial charge is 0.414 e. The number of alkyl halides is 3. The maximum absolute atomic E-state index is 14.2. The summed E-state index contributed by atoms with van der Waals surface area (Å²) in [6, 6.07) is 1.98. The van der Waals surface area contributed by atoms with Gasteiger partial charge in [0.25, 0.3) is 0 Å². The van der Waals surface area contributed by atoms with Gasteiger partial charge in [-0.3, -0.25) is 14.0 Å². The lowest BCUT2D eigenvalue weighted by atomic mass is 9.87. The van der Waals surface area contributed by atoms with Crippen LogP contribution in [0.2, 0.25) is 0 Å². The van der Waals surface area contributed by atoms with Gasteiger partial charge in [0.1, 0.15) is 0 Å². The van der Waals surface area contributed by atoms with Gasteiger partial charge in [0.15, 0.2) is 11.7 Å². The van der Waals surface area contributed by atoms with E-state index in [0.717, 1.165) is 23.2 Å². The molecule has 198 valence electrons. The summed E-state index contributed by atoms with van der Waals surface area (Å²) < 4.78 is 69.4. The van der Waals surface area contributed by atoms with Crippen molar-refractivity contribution in [1.82, 2.24) is 24.5 Å². The van der Waals surface area contributed by atoms with Crippen molar-refractivity contribution in [3.63, 3.8) is 0 Å². The Morgan fingerprint density at radius 3 is 2.51 bits per heavy atom. The van der Waals surface area contributed by atoms with Crippen molar-refractivity contribution in [3.8, 4) is 0 Å². The molecule has 5 rings (SSSR count). The highest BCUT2D eigenvalue weighted by Crippen LogP contribution is 2.48. The summed E-state index contributed by atoms with van der Waals surface area (Å²) in [5.74, 6) is -1.40. The van der Waals surface area contributed by atoms with Crippen LogP contribution in [0.1, 0.15) is 67.6 Å². The second kappa shape index (κ2) is 9.14. The van der Waals surface area contributed by atoms with Crippen molar-refractivity contribution in [2.75, 3.05) is 18.6 Å². The van der Waals surface area contributed by atoms with E-state index in [1.54, 1.807) is 12.3 Å². The summed E-state index contributed by atoms with van der Waals surface area (Å²) in [5, 5.41) is 3.94. The first-order chi connectivity index (χ1) is 17.4. The summed E-state index contributed by atoms with van der Waals surface area (Å²) in [6.07, 6.45) is -0.398. The number of carbonyl (C=O) groups excluding carboxylic acids is 1. The Kier molecular flexibility index (Phi) is 6.36. The van der Waals surface area contributed by atoms with E-state index in [9.17, 15) is 26.6 Å². The third-order valence-corrected chi connectivity index (χ3v) is 8.87. The van der Waals surface area contributed by atoms with Crippen LogP contribution in [0.4, 0.5) is 17.6 Å². The lowest BCUT2D eigenvalue weighted by Gasteiger charge is -2.33. The summed E-state index contributed by atoms with van der Waals surface area (Å²) in [7, 11) is 0.130. The zero-order chi connectivity index (χ0) is 26.7. The van der Waals surface area contributed by atoms with E-state index in [1.807, 2.05) is 13.8 Å². The Hall–Kier alpha value is -2.89. The third kappa shape index (κ3) is 4.64. The highest BCUT2D eigenvalue weighted by molar-refractivity contribution is 7.85. The van der Waals surface area contributed by atoms with Gasteiger partial charge in [0.05, 0.1) is 11.4 Å². The first kappa shape index (κ1) is 25.7. The molecule has 37 heavy (non-hydrogen) atoms. The van der Waals surface area contributed by atoms with Crippen LogP contribution in [0, 0.1) is 11.9 Å². The van der Waals surface area contributed by atoms with Crippen LogP contribution >= 0.6 is 0 Å². The molecule has 7 nitrogen and oxygen atoms in total. The zero-order valence-corrected chi connectivity index (χ0v) is 21.4. The van der Waals surface area contributed by atoms with Crippen molar-refractivity contribution in [3.05, 3.63) is 59.1 Å². The number of hydrogen-bond acceptors (Lipinski definition) is 5. The van der Waals surface area contributed by atoms with Crippen LogP contribution in [-0.2, 0) is 21.0 Å². The minimum atomic E-state index is -4.72. The Morgan fingerprint density at radius 2 is 1.89 bits per heavy atom. The summed E-state index contributed by atoms with van der Waals surface area (Å²) in [5.41, 5.74) is 2.07. The number of hydrogen-bond donors (Lipinski definition) is 0. The molecule has 0 bridgehead atoms. The first-order valence-corrected chi connectivity index (χ1v) is 13.5. The van der Waals surface area contributed by atoms with Gasteiger partial charge in [0, 0.05) is 70.6 Å². The standard InChI is InChI=1S/C25H27F4N5O2S/c1-24(2)11-16(17-13-31-20-10-19(26)32-34(20)21(17)24)15-4-5-18(30-12-15)22(25(27,28)29)33(3)23(35)14-6-8-37(36)9-7-14/h4-5,10,12-14,16,22H,6-9,11H2,1-3H3. The van der Waals surface area contributed by atoms with Crippen LogP contribution in [0.15, 0.2) is 30.6 Å². The minimum Gasteiger partial charge on any atom is -0.328 e. The van der Waals surface area contributed by atoms with Gasteiger partial charge < -0.3 is 4.90 Å². The summed E-state index contributed by atoms with van der Waals surface area (Å²) >= 11 is 0. The molecule has 1 fully saturated rings. The highest BCUT2D eigenvalue weighted by Gasteiger charge is 2.47. The number of pyridine rings is 1. The number of aromatic nitrogens is 4. The number of rotatable bonds is 4. The predicted octanol–water partition coefficient (Wildman–Crippen LogP) is 4.30. The van der Waals surface area contributed by atoms with Gasteiger partial charge in [-0.1, -0.05) is 19.9 Å². The molecule has 0 spiro atoms. The van der Waals surface area contributed by atoms with E-state index < -0.39 is 40.8 Å². The number of halogens is 4. The molecule has 0 radical (unpaired) electrons. The van der Waals surface area contributed by atoms with Gasteiger partial charge in [-0.2, -0.15) is 17.6 Å². The van der Waals surface area contributed by atoms with Crippen LogP contribution in [-0.4, -0.2) is 59.3 Å². The van der Waals surface area contributed by atoms with Crippen LogP contribution in [0.25, 0.3) is 5.65 Å². The molecule has 2 aliphatic rings. The number of amides is 1. The van der Waals surface area contributed by atoms with Gasteiger partial charge in [-0.15, -0.1) is 5.10 Å². The average molecular weight is 538 g/mol. The van der Waals surface area contributed by atoms with Crippen molar-refractivity contribution in [1.29, 1.82) is 0 Å². The van der Waals surface area contributed by atoms with Gasteiger partial charge in [0.2, 0.25) is 11.9 Å². The molecular weight excluding hydrogens is 510 g/mol. The van der Waals surface area contributed by atoms with E-state index in [0.29, 0.717) is 42.0 Å². The van der Waals surface area contributed by atoms with Gasteiger partial charge in [-0.25, -0.2) is 9.50 Å². The predicted molar refractivity (Wildman–Crippen MR) is 129 cm³/mol. The van der Waals surface area contributed by atoms with Crippen molar-refractivity contribution >= 4 is 22.4 Å². The lowest BCUT2D eigenvalue weighted by Crippen LogP contribution is -2.44. The number of carbonyl (C=O) groups is 1. The summed E-state index contributed by atoms with van der Waals surface area (Å²) in [6.45, 7) is 4.02. The Morgan fingerprint density at radius 1 is 1.19 bits per heavy atom. The zero-order valence-electron chi connectivity index (χ0n) is 20.6. The molecule has 3 aromatic heterocycles. The summed E-state index contributed by atoms with van der Waals surface area (Å²) in [4.78, 5) is 22.1. The highest BCUT2D eigenvalue weighted by atomic mass is 32.2. The second-order valence-electron chi connectivity index (χ2n) is 10.5. The SMILES string of the molecule is CN(C(=O)C1CCS(=O)CC1)C(c1ccc(C2CC(C)(C)c3c2cnc2cc(F)nn32)cn1)C(F)(F)F. The normalized spacial score (nSPS) is 24.1. The molecule has 4 heterocycles. The van der Waals surface area contributed by atoms with E-state index in [-0.39, 0.29) is 17.0 Å². The smallest absolute Gasteiger partial charge is 0.328 e. The fourth-order valence-electron chi connectivity index (χ4n) is 5.69. The Balaban J connectivity index is 1.44. The second-order valence-corrected chi connectivity index (χ2v) is 12.2. The molecule has 2 unspecified atom stereocenters. The topological polar surface area (TPSA) is 80.5 Å². The molecule has 2 atom stereocenters. The Bertz CT molecular complexity index is 1360. The first-order valence-electron chi connectivity index (χ1n) is 12.1. The monoisotopic (exact) mass is 537 g/mol. The molecule has 0 N–H and O–H groups in total. The minimum absolute atomic E-state index is 0.206. The molecule has 1 aliphatic carbocycles. The fourth-order valence-corrected chi connectivity index (χ4v) is 6.99. The van der Waals surface area contributed by atoms with Crippen LogP contribution < -0.4 is 0 Å². The third-order valence-electron chi connectivity index (χ3n) is 7.49. The Labute approximate surface area is 213 Å². The fraction of sp³-hybridized carbons (Fsp3) is 0.520. The van der Waals surface area contributed by atoms with E-state index >= 15 is 0 Å². The molecule has 1 amide bonds. The van der Waals surface area contributed by atoms with E-state index in [1.165, 1.54) is 22.8 Å². The van der Waals surface area contributed by atoms with Gasteiger partial charge in [-0.05, 0) is 30.9 Å². The van der Waals surface area contributed by atoms with Crippen LogP contribution in [0.3, 0.4) is 0 Å². The molecular formula is C25H27F4N5O2S. The average Bonchev–Trinajstić information content (AvgIpc) is 3.34. The maximum Gasteiger partial charge on any atom is 0.414 e. The molecule has 1 saturated heterocycles. The van der Waals surface area contributed by atoms with E-state index in [2.05, 4.69) is 15.1 Å². The molecule has 1 aliphatic heterocycles. The molecule has 0 aromatic carbocycles. The number of nitrogens with zero attached hydrogens (tertiary/aromatic N) is 5. The van der Waals surface area contributed by atoms with Crippen molar-refractivity contribution in [2.24, 2.45) is 5.92 Å². The molecule has 12 heteroatoms. The number of fused-ring (bicyclic) bond motifs is 3. The van der Waals surface area contributed by atoms with Crippen molar-refractivity contribution < 1.29 is 26.6 Å². The van der Waals surface area contributed by atoms with Gasteiger partial charge >= 0.3 is 6.18 Å². The molecule has 0 saturated carbocycles. The van der Waals surface area contributed by atoms with E-state index in [4.69, 9.17) is 0 Å². The lowest BCUT2D eigenvalue weighted by molar-refractivity contribution is -0.191. The maximum atomic E-state index is 14.2. The van der Waals surface area contributed by atoms with Crippen LogP contribution in [0.5, 0.6) is 0 Å².